The van der Waals surface area contributed by atoms with Crippen molar-refractivity contribution in [1.29, 1.82) is 0 Å². The topological polar surface area (TPSA) is 80.5 Å². The zero-order valence-electron chi connectivity index (χ0n) is 12.5. The molecule has 3 rings (SSSR count). The summed E-state index contributed by atoms with van der Waals surface area (Å²) in [5, 5.41) is 10.7. The molecule has 2 atom stereocenters. The number of aromatic nitrogens is 5. The first-order chi connectivity index (χ1) is 10.3. The minimum atomic E-state index is 0.493. The van der Waals surface area contributed by atoms with Crippen molar-refractivity contribution >= 4 is 11.9 Å². The smallest absolute Gasteiger partial charge is 0.257 e. The molecule has 2 aromatic rings. The lowest BCUT2D eigenvalue weighted by molar-refractivity contribution is 0.690. The van der Waals surface area contributed by atoms with Gasteiger partial charge >= 0.3 is 0 Å². The molecule has 1 fully saturated rings. The number of nitrogens with zero attached hydrogens (tertiary/aromatic N) is 5. The number of hydrogen-bond acceptors (Lipinski definition) is 6. The van der Waals surface area contributed by atoms with Crippen LogP contribution in [-0.4, -0.2) is 37.3 Å². The summed E-state index contributed by atoms with van der Waals surface area (Å²) in [6.45, 7) is 5.00. The molecule has 0 amide bonds. The maximum absolute atomic E-state index is 4.46. The van der Waals surface area contributed by atoms with Crippen molar-refractivity contribution in [3.63, 3.8) is 0 Å². The largest absolute Gasteiger partial charge is 0.354 e. The number of anilines is 2. The molecule has 0 radical (unpaired) electrons. The van der Waals surface area contributed by atoms with Gasteiger partial charge in [0.25, 0.3) is 5.95 Å². The highest BCUT2D eigenvalue weighted by atomic mass is 15.4. The van der Waals surface area contributed by atoms with Crippen molar-refractivity contribution in [3.8, 4) is 5.95 Å². The quantitative estimate of drug-likeness (QED) is 0.811. The lowest BCUT2D eigenvalue weighted by atomic mass is 10.2. The molecule has 112 valence electrons. The van der Waals surface area contributed by atoms with E-state index < -0.39 is 0 Å². The van der Waals surface area contributed by atoms with Crippen LogP contribution in [-0.2, 0) is 0 Å². The Hall–Kier alpha value is -2.18. The zero-order chi connectivity index (χ0) is 14.7. The Morgan fingerprint density at radius 3 is 2.81 bits per heavy atom. The summed E-state index contributed by atoms with van der Waals surface area (Å²) in [7, 11) is 0. The number of nitrogens with one attached hydrogen (secondary N) is 2. The van der Waals surface area contributed by atoms with Gasteiger partial charge in [0.1, 0.15) is 0 Å². The first kappa shape index (κ1) is 13.8. The van der Waals surface area contributed by atoms with E-state index in [2.05, 4.69) is 37.6 Å². The average molecular weight is 287 g/mol. The van der Waals surface area contributed by atoms with Crippen LogP contribution >= 0.6 is 0 Å². The molecule has 2 heterocycles. The van der Waals surface area contributed by atoms with Crippen LogP contribution in [0.15, 0.2) is 18.5 Å². The minimum absolute atomic E-state index is 0.493. The van der Waals surface area contributed by atoms with E-state index >= 15 is 0 Å². The SMILES string of the molecule is CCCC1CC1Nc1nc(NCC)nc(-n2cccn2)n1. The molecule has 1 saturated carbocycles. The maximum atomic E-state index is 4.46. The zero-order valence-corrected chi connectivity index (χ0v) is 12.5. The van der Waals surface area contributed by atoms with E-state index in [0.29, 0.717) is 23.9 Å². The third kappa shape index (κ3) is 3.29. The van der Waals surface area contributed by atoms with Crippen LogP contribution in [0.1, 0.15) is 33.1 Å². The van der Waals surface area contributed by atoms with Crippen LogP contribution in [0.3, 0.4) is 0 Å². The van der Waals surface area contributed by atoms with Crippen LogP contribution in [0.2, 0.25) is 0 Å². The van der Waals surface area contributed by atoms with Gasteiger partial charge < -0.3 is 10.6 Å². The lowest BCUT2D eigenvalue weighted by Crippen LogP contribution is -2.14. The molecule has 7 heteroatoms. The molecule has 0 aliphatic heterocycles. The normalized spacial score (nSPS) is 20.3. The molecule has 21 heavy (non-hydrogen) atoms. The molecule has 7 nitrogen and oxygen atoms in total. The van der Waals surface area contributed by atoms with Crippen LogP contribution in [0, 0.1) is 5.92 Å². The average Bonchev–Trinajstić information content (AvgIpc) is 3.00. The highest BCUT2D eigenvalue weighted by Crippen LogP contribution is 2.36. The van der Waals surface area contributed by atoms with Crippen LogP contribution in [0.4, 0.5) is 11.9 Å². The van der Waals surface area contributed by atoms with E-state index in [1.807, 2.05) is 19.2 Å². The van der Waals surface area contributed by atoms with E-state index in [0.717, 1.165) is 12.5 Å². The summed E-state index contributed by atoms with van der Waals surface area (Å²) in [6.07, 6.45) is 7.22. The van der Waals surface area contributed by atoms with Crippen LogP contribution < -0.4 is 10.6 Å². The van der Waals surface area contributed by atoms with E-state index in [-0.39, 0.29) is 0 Å². The van der Waals surface area contributed by atoms with Crippen LogP contribution in [0.25, 0.3) is 5.95 Å². The molecule has 2 N–H and O–H groups in total. The highest BCUT2D eigenvalue weighted by molar-refractivity contribution is 5.39. The van der Waals surface area contributed by atoms with Crippen molar-refractivity contribution in [3.05, 3.63) is 18.5 Å². The van der Waals surface area contributed by atoms with E-state index in [1.54, 1.807) is 10.9 Å². The second-order valence-corrected chi connectivity index (χ2v) is 5.30. The molecule has 0 bridgehead atoms. The van der Waals surface area contributed by atoms with E-state index in [1.165, 1.54) is 19.3 Å². The fourth-order valence-corrected chi connectivity index (χ4v) is 2.44. The molecule has 0 spiro atoms. The van der Waals surface area contributed by atoms with Gasteiger partial charge in [-0.05, 0) is 31.7 Å². The Kier molecular flexibility index (Phi) is 3.98. The standard InChI is InChI=1S/C14H21N7/c1-3-6-10-9-11(10)17-13-18-12(15-4-2)19-14(20-13)21-8-5-7-16-21/h5,7-8,10-11H,3-4,6,9H2,1-2H3,(H2,15,17,18,19,20). The number of hydrogen-bond donors (Lipinski definition) is 2. The number of rotatable bonds is 7. The minimum Gasteiger partial charge on any atom is -0.354 e. The Balaban J connectivity index is 1.79. The predicted octanol–water partition coefficient (Wildman–Crippen LogP) is 2.09. The third-order valence-corrected chi connectivity index (χ3v) is 3.56. The van der Waals surface area contributed by atoms with Gasteiger partial charge in [0.2, 0.25) is 11.9 Å². The summed E-state index contributed by atoms with van der Waals surface area (Å²) in [6, 6.07) is 2.34. The predicted molar refractivity (Wildman–Crippen MR) is 81.5 cm³/mol. The molecule has 1 aliphatic carbocycles. The maximum Gasteiger partial charge on any atom is 0.257 e. The monoisotopic (exact) mass is 287 g/mol. The van der Waals surface area contributed by atoms with E-state index in [9.17, 15) is 0 Å². The lowest BCUT2D eigenvalue weighted by Gasteiger charge is -2.09. The molecular weight excluding hydrogens is 266 g/mol. The first-order valence-electron chi connectivity index (χ1n) is 7.56. The second-order valence-electron chi connectivity index (χ2n) is 5.30. The molecule has 0 saturated heterocycles. The van der Waals surface area contributed by atoms with Crippen molar-refractivity contribution in [1.82, 2.24) is 24.7 Å². The Morgan fingerprint density at radius 2 is 2.10 bits per heavy atom. The summed E-state index contributed by atoms with van der Waals surface area (Å²) in [5.41, 5.74) is 0. The summed E-state index contributed by atoms with van der Waals surface area (Å²) in [5.74, 6) is 2.48. The fourth-order valence-electron chi connectivity index (χ4n) is 2.44. The molecule has 2 unspecified atom stereocenters. The van der Waals surface area contributed by atoms with Crippen molar-refractivity contribution in [2.45, 2.75) is 39.2 Å². The summed E-state index contributed by atoms with van der Waals surface area (Å²) < 4.78 is 1.64. The van der Waals surface area contributed by atoms with Gasteiger partial charge in [0.05, 0.1) is 0 Å². The van der Waals surface area contributed by atoms with Gasteiger partial charge in [-0.25, -0.2) is 4.68 Å². The Labute approximate surface area is 124 Å². The summed E-state index contributed by atoms with van der Waals surface area (Å²) in [4.78, 5) is 13.3. The highest BCUT2D eigenvalue weighted by Gasteiger charge is 2.36. The molecule has 0 aromatic carbocycles. The van der Waals surface area contributed by atoms with Gasteiger partial charge in [-0.1, -0.05) is 13.3 Å². The Bertz CT molecular complexity index is 581. The molecule has 2 aromatic heterocycles. The van der Waals surface area contributed by atoms with Crippen molar-refractivity contribution < 1.29 is 0 Å². The van der Waals surface area contributed by atoms with E-state index in [4.69, 9.17) is 0 Å². The van der Waals surface area contributed by atoms with Crippen molar-refractivity contribution in [2.75, 3.05) is 17.2 Å². The van der Waals surface area contributed by atoms with Gasteiger partial charge in [0, 0.05) is 25.0 Å². The third-order valence-electron chi connectivity index (χ3n) is 3.56. The first-order valence-corrected chi connectivity index (χ1v) is 7.56. The second kappa shape index (κ2) is 6.07. The van der Waals surface area contributed by atoms with Gasteiger partial charge in [0.15, 0.2) is 0 Å². The molecule has 1 aliphatic rings. The summed E-state index contributed by atoms with van der Waals surface area (Å²) >= 11 is 0. The van der Waals surface area contributed by atoms with Crippen LogP contribution in [0.5, 0.6) is 0 Å². The van der Waals surface area contributed by atoms with Gasteiger partial charge in [-0.15, -0.1) is 0 Å². The van der Waals surface area contributed by atoms with Gasteiger partial charge in [-0.3, -0.25) is 0 Å². The fraction of sp³-hybridized carbons (Fsp3) is 0.571. The Morgan fingerprint density at radius 1 is 1.24 bits per heavy atom. The van der Waals surface area contributed by atoms with Crippen molar-refractivity contribution in [2.24, 2.45) is 5.92 Å². The molecular formula is C14H21N7. The van der Waals surface area contributed by atoms with Gasteiger partial charge in [-0.2, -0.15) is 20.1 Å².